The van der Waals surface area contributed by atoms with Gasteiger partial charge in [0.15, 0.2) is 0 Å². The van der Waals surface area contributed by atoms with Gasteiger partial charge < -0.3 is 10.6 Å². The molecule has 3 aromatic heterocycles. The van der Waals surface area contributed by atoms with Gasteiger partial charge in [0.05, 0.1) is 22.8 Å². The molecule has 0 bridgehead atoms. The first-order valence-corrected chi connectivity index (χ1v) is 11.9. The molecule has 0 aliphatic rings. The number of anilines is 1. The Balaban J connectivity index is 1.33. The highest BCUT2D eigenvalue weighted by Gasteiger charge is 2.15. The minimum atomic E-state index is -0.236. The van der Waals surface area contributed by atoms with Gasteiger partial charge in [0.2, 0.25) is 0 Å². The second kappa shape index (κ2) is 10.4. The molecule has 0 aliphatic carbocycles. The average Bonchev–Trinajstić information content (AvgIpc) is 2.93. The molecule has 1 atom stereocenters. The first-order chi connectivity index (χ1) is 18.0. The summed E-state index contributed by atoms with van der Waals surface area (Å²) < 4.78 is 0. The third kappa shape index (κ3) is 5.36. The van der Waals surface area contributed by atoms with Crippen molar-refractivity contribution in [1.29, 1.82) is 0 Å². The van der Waals surface area contributed by atoms with Crippen molar-refractivity contribution in [2.45, 2.75) is 19.9 Å². The maximum absolute atomic E-state index is 13.2. The molecule has 5 rings (SSSR count). The van der Waals surface area contributed by atoms with Crippen LogP contribution in [0.3, 0.4) is 0 Å². The average molecular weight is 488 g/mol. The molecule has 0 radical (unpaired) electrons. The van der Waals surface area contributed by atoms with Gasteiger partial charge in [-0.05, 0) is 61.9 Å². The number of nitrogens with one attached hydrogen (secondary N) is 2. The number of carbonyl (C=O) groups is 2. The van der Waals surface area contributed by atoms with Gasteiger partial charge in [-0.25, -0.2) is 0 Å². The van der Waals surface area contributed by atoms with Gasteiger partial charge >= 0.3 is 0 Å². The zero-order valence-electron chi connectivity index (χ0n) is 20.5. The summed E-state index contributed by atoms with van der Waals surface area (Å²) >= 11 is 0. The fourth-order valence-corrected chi connectivity index (χ4v) is 4.07. The topological polar surface area (TPSA) is 96.9 Å². The molecule has 7 nitrogen and oxygen atoms in total. The minimum Gasteiger partial charge on any atom is -0.344 e. The lowest BCUT2D eigenvalue weighted by Crippen LogP contribution is -2.27. The van der Waals surface area contributed by atoms with E-state index in [1.807, 2.05) is 68.4 Å². The van der Waals surface area contributed by atoms with Crippen molar-refractivity contribution in [2.75, 3.05) is 5.32 Å². The van der Waals surface area contributed by atoms with Crippen LogP contribution in [0, 0.1) is 6.92 Å². The largest absolute Gasteiger partial charge is 0.344 e. The Hall–Kier alpha value is -4.91. The maximum Gasteiger partial charge on any atom is 0.256 e. The maximum atomic E-state index is 13.2. The lowest BCUT2D eigenvalue weighted by molar-refractivity contribution is 0.0938. The highest BCUT2D eigenvalue weighted by Crippen LogP contribution is 2.25. The van der Waals surface area contributed by atoms with E-state index in [9.17, 15) is 9.59 Å². The van der Waals surface area contributed by atoms with Crippen LogP contribution in [0.25, 0.3) is 22.0 Å². The third-order valence-corrected chi connectivity index (χ3v) is 6.08. The van der Waals surface area contributed by atoms with Gasteiger partial charge in [0.25, 0.3) is 11.8 Å². The van der Waals surface area contributed by atoms with Gasteiger partial charge in [-0.15, -0.1) is 0 Å². The molecular formula is C30H25N5O2. The molecule has 2 N–H and O–H groups in total. The van der Waals surface area contributed by atoms with Gasteiger partial charge in [0, 0.05) is 46.5 Å². The number of aryl methyl sites for hydroxylation is 1. The van der Waals surface area contributed by atoms with E-state index in [0.717, 1.165) is 27.9 Å². The highest BCUT2D eigenvalue weighted by molar-refractivity contribution is 6.09. The number of carbonyl (C=O) groups excluding carboxylic acids is 2. The van der Waals surface area contributed by atoms with Crippen molar-refractivity contribution in [3.05, 3.63) is 120 Å². The molecule has 0 unspecified atom stereocenters. The van der Waals surface area contributed by atoms with E-state index in [1.54, 1.807) is 36.7 Å². The Morgan fingerprint density at radius 2 is 1.65 bits per heavy atom. The van der Waals surface area contributed by atoms with Crippen molar-refractivity contribution < 1.29 is 9.59 Å². The quantitative estimate of drug-likeness (QED) is 0.318. The van der Waals surface area contributed by atoms with Gasteiger partial charge in [-0.3, -0.25) is 24.5 Å². The van der Waals surface area contributed by atoms with Gasteiger partial charge in [-0.2, -0.15) is 0 Å². The molecule has 0 fully saturated rings. The number of aromatic nitrogens is 3. The van der Waals surface area contributed by atoms with Crippen LogP contribution >= 0.6 is 0 Å². The first kappa shape index (κ1) is 23.8. The Kier molecular flexibility index (Phi) is 6.68. The lowest BCUT2D eigenvalue weighted by Gasteiger charge is -2.13. The lowest BCUT2D eigenvalue weighted by atomic mass is 10.0. The zero-order valence-corrected chi connectivity index (χ0v) is 20.5. The van der Waals surface area contributed by atoms with Crippen LogP contribution in [-0.2, 0) is 0 Å². The molecule has 2 aromatic carbocycles. The molecule has 7 heteroatoms. The van der Waals surface area contributed by atoms with Crippen LogP contribution in [0.2, 0.25) is 0 Å². The fraction of sp³-hybridized carbons (Fsp3) is 0.100. The number of nitrogens with zero attached hydrogens (tertiary/aromatic N) is 3. The summed E-state index contributed by atoms with van der Waals surface area (Å²) in [5.41, 5.74) is 5.67. The Morgan fingerprint density at radius 3 is 2.43 bits per heavy atom. The number of benzene rings is 2. The van der Waals surface area contributed by atoms with E-state index in [2.05, 4.69) is 25.6 Å². The van der Waals surface area contributed by atoms with E-state index in [-0.39, 0.29) is 17.9 Å². The van der Waals surface area contributed by atoms with Crippen LogP contribution in [0.15, 0.2) is 97.5 Å². The summed E-state index contributed by atoms with van der Waals surface area (Å²) in [6.07, 6.45) is 5.00. The van der Waals surface area contributed by atoms with Crippen LogP contribution in [0.1, 0.15) is 45.1 Å². The summed E-state index contributed by atoms with van der Waals surface area (Å²) in [6, 6.07) is 23.9. The van der Waals surface area contributed by atoms with Crippen molar-refractivity contribution >= 4 is 28.4 Å². The number of fused-ring (bicyclic) bond motifs is 1. The standard InChI is InChI=1S/C30H25N5O2/c1-19-10-11-22(17-32-19)25-7-3-4-8-26(25)30(37)35-24-13-12-21-15-23(18-33-28(21)16-24)29(36)34-20(2)27-9-5-6-14-31-27/h3-18,20H,1-2H3,(H,34,36)(H,35,37)/t20-/m1/s1. The predicted octanol–water partition coefficient (Wildman–Crippen LogP) is 5.74. The predicted molar refractivity (Wildman–Crippen MR) is 144 cm³/mol. The molecule has 0 saturated carbocycles. The molecule has 37 heavy (non-hydrogen) atoms. The third-order valence-electron chi connectivity index (χ3n) is 6.08. The molecule has 0 aliphatic heterocycles. The summed E-state index contributed by atoms with van der Waals surface area (Å²) in [4.78, 5) is 39.0. The van der Waals surface area contributed by atoms with Gasteiger partial charge in [-0.1, -0.05) is 36.4 Å². The normalized spacial score (nSPS) is 11.6. The van der Waals surface area contributed by atoms with E-state index in [0.29, 0.717) is 22.3 Å². The molecule has 0 spiro atoms. The SMILES string of the molecule is Cc1ccc(-c2ccccc2C(=O)Nc2ccc3cc(C(=O)N[C@H](C)c4ccccn4)cnc3c2)cn1. The van der Waals surface area contributed by atoms with Crippen molar-refractivity contribution in [1.82, 2.24) is 20.3 Å². The van der Waals surface area contributed by atoms with Gasteiger partial charge in [0.1, 0.15) is 0 Å². The van der Waals surface area contributed by atoms with E-state index >= 15 is 0 Å². The molecule has 2 amide bonds. The Morgan fingerprint density at radius 1 is 0.811 bits per heavy atom. The monoisotopic (exact) mass is 487 g/mol. The fourth-order valence-electron chi connectivity index (χ4n) is 4.07. The van der Waals surface area contributed by atoms with Crippen LogP contribution in [-0.4, -0.2) is 26.8 Å². The summed E-state index contributed by atoms with van der Waals surface area (Å²) in [5, 5.41) is 6.71. The molecule has 182 valence electrons. The first-order valence-electron chi connectivity index (χ1n) is 11.9. The number of rotatable bonds is 6. The number of hydrogen-bond donors (Lipinski definition) is 2. The summed E-state index contributed by atoms with van der Waals surface area (Å²) in [5.74, 6) is -0.456. The van der Waals surface area contributed by atoms with E-state index in [4.69, 9.17) is 0 Å². The summed E-state index contributed by atoms with van der Waals surface area (Å²) in [7, 11) is 0. The van der Waals surface area contributed by atoms with Crippen LogP contribution < -0.4 is 10.6 Å². The molecule has 5 aromatic rings. The smallest absolute Gasteiger partial charge is 0.256 e. The van der Waals surface area contributed by atoms with E-state index < -0.39 is 0 Å². The molecule has 0 saturated heterocycles. The summed E-state index contributed by atoms with van der Waals surface area (Å²) in [6.45, 7) is 3.81. The molecule has 3 heterocycles. The molecular weight excluding hydrogens is 462 g/mol. The Bertz CT molecular complexity index is 1580. The minimum absolute atomic E-state index is 0.227. The van der Waals surface area contributed by atoms with Crippen molar-refractivity contribution in [3.8, 4) is 11.1 Å². The van der Waals surface area contributed by atoms with E-state index in [1.165, 1.54) is 6.20 Å². The van der Waals surface area contributed by atoms with Crippen molar-refractivity contribution in [2.24, 2.45) is 0 Å². The number of hydrogen-bond acceptors (Lipinski definition) is 5. The number of pyridine rings is 3. The van der Waals surface area contributed by atoms with Crippen LogP contribution in [0.4, 0.5) is 5.69 Å². The second-order valence-electron chi connectivity index (χ2n) is 8.77. The zero-order chi connectivity index (χ0) is 25.8. The van der Waals surface area contributed by atoms with Crippen LogP contribution in [0.5, 0.6) is 0 Å². The highest BCUT2D eigenvalue weighted by atomic mass is 16.2. The van der Waals surface area contributed by atoms with Crippen molar-refractivity contribution in [3.63, 3.8) is 0 Å². The number of amides is 2. The second-order valence-corrected chi connectivity index (χ2v) is 8.77. The Labute approximate surface area is 214 Å².